The molecule has 2 rings (SSSR count). The van der Waals surface area contributed by atoms with Crippen LogP contribution in [0.4, 0.5) is 0 Å². The Labute approximate surface area is 106 Å². The van der Waals surface area contributed by atoms with Gasteiger partial charge in [0.25, 0.3) is 0 Å². The number of carbonyl (C=O) groups is 2. The molecule has 4 atom stereocenters. The van der Waals surface area contributed by atoms with Crippen molar-refractivity contribution in [1.82, 2.24) is 0 Å². The van der Waals surface area contributed by atoms with E-state index in [9.17, 15) is 9.59 Å². The first-order valence-corrected chi connectivity index (χ1v) is 6.07. The number of hydrogen-bond donors (Lipinski definition) is 0. The van der Waals surface area contributed by atoms with Crippen molar-refractivity contribution in [3.63, 3.8) is 0 Å². The Hall–Kier alpha value is -1.14. The molecule has 0 aliphatic carbocycles. The van der Waals surface area contributed by atoms with Crippen LogP contribution in [0, 0.1) is 11.8 Å². The smallest absolute Gasteiger partial charge is 0.305 e. The van der Waals surface area contributed by atoms with Crippen molar-refractivity contribution < 1.29 is 28.5 Å². The fourth-order valence-corrected chi connectivity index (χ4v) is 2.58. The highest BCUT2D eigenvalue weighted by Gasteiger charge is 2.43. The fourth-order valence-electron chi connectivity index (χ4n) is 2.58. The molecule has 0 saturated carbocycles. The van der Waals surface area contributed by atoms with Crippen LogP contribution in [0.2, 0.25) is 0 Å². The molecule has 0 spiro atoms. The maximum Gasteiger partial charge on any atom is 0.305 e. The van der Waals surface area contributed by atoms with Crippen molar-refractivity contribution in [2.75, 3.05) is 20.3 Å². The molecule has 0 amide bonds. The Kier molecular flexibility index (Phi) is 4.19. The molecule has 2 aliphatic rings. The van der Waals surface area contributed by atoms with Gasteiger partial charge in [0.2, 0.25) is 6.29 Å². The van der Waals surface area contributed by atoms with Crippen molar-refractivity contribution in [3.8, 4) is 0 Å². The van der Waals surface area contributed by atoms with E-state index < -0.39 is 6.29 Å². The molecule has 2 saturated heterocycles. The van der Waals surface area contributed by atoms with Crippen LogP contribution >= 0.6 is 0 Å². The van der Waals surface area contributed by atoms with Crippen LogP contribution in [0.3, 0.4) is 0 Å². The van der Waals surface area contributed by atoms with Gasteiger partial charge >= 0.3 is 11.9 Å². The summed E-state index contributed by atoms with van der Waals surface area (Å²) < 4.78 is 20.7. The monoisotopic (exact) mass is 258 g/mol. The third-order valence-corrected chi connectivity index (χ3v) is 3.47. The van der Waals surface area contributed by atoms with Crippen LogP contribution in [0.15, 0.2) is 0 Å². The highest BCUT2D eigenvalue weighted by atomic mass is 16.7. The zero-order chi connectivity index (χ0) is 13.1. The molecule has 102 valence electrons. The van der Waals surface area contributed by atoms with Gasteiger partial charge in [-0.3, -0.25) is 9.59 Å². The van der Waals surface area contributed by atoms with Gasteiger partial charge in [-0.1, -0.05) is 0 Å². The second kappa shape index (κ2) is 5.67. The number of rotatable bonds is 3. The second-order valence-corrected chi connectivity index (χ2v) is 4.68. The predicted octanol–water partition coefficient (Wildman–Crippen LogP) is 0.490. The van der Waals surface area contributed by atoms with E-state index in [2.05, 4.69) is 4.74 Å². The summed E-state index contributed by atoms with van der Waals surface area (Å²) in [7, 11) is 1.38. The van der Waals surface area contributed by atoms with E-state index in [0.717, 1.165) is 0 Å². The van der Waals surface area contributed by atoms with Gasteiger partial charge in [0.05, 0.1) is 32.8 Å². The van der Waals surface area contributed by atoms with E-state index >= 15 is 0 Å². The van der Waals surface area contributed by atoms with Crippen LogP contribution in [0.5, 0.6) is 0 Å². The van der Waals surface area contributed by atoms with Crippen LogP contribution in [0.25, 0.3) is 0 Å². The highest BCUT2D eigenvalue weighted by molar-refractivity contribution is 5.69. The molecule has 18 heavy (non-hydrogen) atoms. The third kappa shape index (κ3) is 3.00. The topological polar surface area (TPSA) is 71.1 Å². The van der Waals surface area contributed by atoms with E-state index in [-0.39, 0.29) is 29.9 Å². The third-order valence-electron chi connectivity index (χ3n) is 3.47. The summed E-state index contributed by atoms with van der Waals surface area (Å²) in [6, 6.07) is 0. The number of fused-ring (bicyclic) bond motifs is 1. The molecule has 0 bridgehead atoms. The van der Waals surface area contributed by atoms with Gasteiger partial charge in [-0.15, -0.1) is 0 Å². The Morgan fingerprint density at radius 2 is 2.06 bits per heavy atom. The molecule has 0 aromatic heterocycles. The fraction of sp³-hybridized carbons (Fsp3) is 0.833. The lowest BCUT2D eigenvalue weighted by molar-refractivity contribution is -0.203. The van der Waals surface area contributed by atoms with E-state index in [1.165, 1.54) is 14.0 Å². The first-order valence-electron chi connectivity index (χ1n) is 6.07. The summed E-state index contributed by atoms with van der Waals surface area (Å²) in [6.07, 6.45) is 0.383. The van der Waals surface area contributed by atoms with Gasteiger partial charge in [-0.2, -0.15) is 0 Å². The zero-order valence-electron chi connectivity index (χ0n) is 10.6. The Morgan fingerprint density at radius 3 is 2.72 bits per heavy atom. The summed E-state index contributed by atoms with van der Waals surface area (Å²) in [4.78, 5) is 22.2. The van der Waals surface area contributed by atoms with Crippen molar-refractivity contribution in [1.29, 1.82) is 0 Å². The highest BCUT2D eigenvalue weighted by Crippen LogP contribution is 2.37. The van der Waals surface area contributed by atoms with Gasteiger partial charge < -0.3 is 18.9 Å². The largest absolute Gasteiger partial charge is 0.469 e. The maximum absolute atomic E-state index is 11.3. The molecule has 0 radical (unpaired) electrons. The predicted molar refractivity (Wildman–Crippen MR) is 59.5 cm³/mol. The Balaban J connectivity index is 1.92. The molecule has 1 unspecified atom stereocenters. The molecule has 2 fully saturated rings. The van der Waals surface area contributed by atoms with E-state index in [1.54, 1.807) is 0 Å². The SMILES string of the molecule is COC(=O)C[C@@H]1CO[C@@H]2COC(OC(C)=O)C[C@H]12. The number of ether oxygens (including phenoxy) is 4. The minimum absolute atomic E-state index is 0.00790. The van der Waals surface area contributed by atoms with Crippen LogP contribution in [-0.4, -0.2) is 44.7 Å². The number of carbonyl (C=O) groups excluding carboxylic acids is 2. The first-order chi connectivity index (χ1) is 8.60. The maximum atomic E-state index is 11.3. The van der Waals surface area contributed by atoms with Crippen molar-refractivity contribution in [2.45, 2.75) is 32.2 Å². The summed E-state index contributed by atoms with van der Waals surface area (Å²) in [6.45, 7) is 2.29. The van der Waals surface area contributed by atoms with Crippen LogP contribution in [0.1, 0.15) is 19.8 Å². The molecule has 2 heterocycles. The van der Waals surface area contributed by atoms with E-state index in [4.69, 9.17) is 14.2 Å². The van der Waals surface area contributed by atoms with Crippen molar-refractivity contribution >= 4 is 11.9 Å². The molecule has 6 heteroatoms. The molecule has 0 aromatic rings. The zero-order valence-corrected chi connectivity index (χ0v) is 10.6. The summed E-state index contributed by atoms with van der Waals surface area (Å²) in [5, 5.41) is 0. The van der Waals surface area contributed by atoms with E-state index in [1.807, 2.05) is 0 Å². The molecule has 6 nitrogen and oxygen atoms in total. The standard InChI is InChI=1S/C12H18O6/c1-7(13)18-12-4-9-8(3-11(14)15-2)5-16-10(9)6-17-12/h8-10,12H,3-6H2,1-2H3/t8-,9-,10-,12?/m1/s1. The molecular weight excluding hydrogens is 240 g/mol. The average Bonchev–Trinajstić information content (AvgIpc) is 2.71. The minimum atomic E-state index is -0.523. The normalized spacial score (nSPS) is 34.8. The average molecular weight is 258 g/mol. The van der Waals surface area contributed by atoms with Crippen LogP contribution < -0.4 is 0 Å². The summed E-state index contributed by atoms with van der Waals surface area (Å²) in [5.41, 5.74) is 0. The quantitative estimate of drug-likeness (QED) is 0.686. The summed E-state index contributed by atoms with van der Waals surface area (Å²) in [5.74, 6) is -0.298. The lowest BCUT2D eigenvalue weighted by Gasteiger charge is -2.32. The second-order valence-electron chi connectivity index (χ2n) is 4.68. The lowest BCUT2D eigenvalue weighted by atomic mass is 9.84. The lowest BCUT2D eigenvalue weighted by Crippen LogP contribution is -2.39. The molecule has 2 aliphatic heterocycles. The molecular formula is C12H18O6. The van der Waals surface area contributed by atoms with Gasteiger partial charge in [0.15, 0.2) is 0 Å². The Bertz CT molecular complexity index is 329. The van der Waals surface area contributed by atoms with E-state index in [0.29, 0.717) is 26.1 Å². The molecule has 0 aromatic carbocycles. The first kappa shape index (κ1) is 13.3. The van der Waals surface area contributed by atoms with Crippen molar-refractivity contribution in [2.24, 2.45) is 11.8 Å². The van der Waals surface area contributed by atoms with Crippen molar-refractivity contribution in [3.05, 3.63) is 0 Å². The summed E-state index contributed by atoms with van der Waals surface area (Å²) >= 11 is 0. The number of methoxy groups -OCH3 is 1. The van der Waals surface area contributed by atoms with Crippen LogP contribution in [-0.2, 0) is 28.5 Å². The number of hydrogen-bond acceptors (Lipinski definition) is 6. The molecule has 0 N–H and O–H groups in total. The van der Waals surface area contributed by atoms with Gasteiger partial charge in [0.1, 0.15) is 0 Å². The number of esters is 2. The van der Waals surface area contributed by atoms with Gasteiger partial charge in [0, 0.05) is 13.3 Å². The van der Waals surface area contributed by atoms with Gasteiger partial charge in [-0.25, -0.2) is 0 Å². The minimum Gasteiger partial charge on any atom is -0.469 e. The van der Waals surface area contributed by atoms with Gasteiger partial charge in [-0.05, 0) is 11.8 Å². The Morgan fingerprint density at radius 1 is 1.28 bits per heavy atom.